The van der Waals surface area contributed by atoms with Gasteiger partial charge in [0.2, 0.25) is 0 Å². The number of aromatic carboxylic acids is 1. The number of benzene rings is 1. The molecule has 0 spiro atoms. The zero-order valence-corrected chi connectivity index (χ0v) is 17.4. The summed E-state index contributed by atoms with van der Waals surface area (Å²) in [6.07, 6.45) is 2.42. The first kappa shape index (κ1) is 19.0. The smallest absolute Gasteiger partial charge is 0.335 e. The maximum Gasteiger partial charge on any atom is 0.335 e. The summed E-state index contributed by atoms with van der Waals surface area (Å²) in [5.74, 6) is -0.209. The Balaban J connectivity index is 2.01. The predicted molar refractivity (Wildman–Crippen MR) is 110 cm³/mol. The van der Waals surface area contributed by atoms with Crippen LogP contribution in [0.2, 0.25) is 0 Å². The number of thiophene rings is 1. The van der Waals surface area contributed by atoms with Gasteiger partial charge >= 0.3 is 5.97 Å². The first-order valence-corrected chi connectivity index (χ1v) is 10.1. The molecule has 0 saturated heterocycles. The average Bonchev–Trinajstić information content (AvgIpc) is 2.90. The highest BCUT2D eigenvalue weighted by Gasteiger charge is 2.46. The number of carboxylic acid groups (broad SMARTS) is 1. The van der Waals surface area contributed by atoms with Gasteiger partial charge < -0.3 is 10.4 Å². The van der Waals surface area contributed by atoms with Gasteiger partial charge in [0.15, 0.2) is 0 Å². The van der Waals surface area contributed by atoms with Gasteiger partial charge in [-0.1, -0.05) is 41.0 Å². The van der Waals surface area contributed by atoms with Gasteiger partial charge in [-0.2, -0.15) is 0 Å². The van der Waals surface area contributed by atoms with Crippen molar-refractivity contribution >= 4 is 28.0 Å². The molecule has 3 nitrogen and oxygen atoms in total. The molecule has 2 N–H and O–H groups in total. The van der Waals surface area contributed by atoms with Crippen LogP contribution in [0.15, 0.2) is 24.3 Å². The summed E-state index contributed by atoms with van der Waals surface area (Å²) < 4.78 is 0. The molecule has 0 radical (unpaired) electrons. The fourth-order valence-electron chi connectivity index (χ4n) is 4.54. The van der Waals surface area contributed by atoms with Crippen LogP contribution in [0.3, 0.4) is 0 Å². The van der Waals surface area contributed by atoms with Crippen LogP contribution in [0.5, 0.6) is 0 Å². The Kier molecular flexibility index (Phi) is 4.68. The number of carbonyl (C=O) groups is 1. The van der Waals surface area contributed by atoms with E-state index < -0.39 is 5.97 Å². The van der Waals surface area contributed by atoms with Crippen LogP contribution < -0.4 is 5.32 Å². The van der Waals surface area contributed by atoms with Crippen molar-refractivity contribution in [2.24, 2.45) is 5.92 Å². The van der Waals surface area contributed by atoms with Gasteiger partial charge in [0.05, 0.1) is 10.6 Å². The van der Waals surface area contributed by atoms with Crippen LogP contribution in [0, 0.1) is 12.8 Å². The Hall–Kier alpha value is -1.81. The second-order valence-electron chi connectivity index (χ2n) is 8.68. The van der Waals surface area contributed by atoms with E-state index in [-0.39, 0.29) is 10.8 Å². The number of nitrogens with one attached hydrogen (secondary N) is 1. The van der Waals surface area contributed by atoms with Gasteiger partial charge in [0.25, 0.3) is 0 Å². The summed E-state index contributed by atoms with van der Waals surface area (Å²) in [5.41, 5.74) is 4.44. The molecule has 0 saturated carbocycles. The molecule has 1 aromatic carbocycles. The summed E-state index contributed by atoms with van der Waals surface area (Å²) in [6.45, 7) is 14.0. The second kappa shape index (κ2) is 6.41. The average molecular weight is 372 g/mol. The topological polar surface area (TPSA) is 49.3 Å². The minimum absolute atomic E-state index is 0.180. The van der Waals surface area contributed by atoms with E-state index in [1.165, 1.54) is 33.8 Å². The van der Waals surface area contributed by atoms with Crippen molar-refractivity contribution in [2.45, 2.75) is 65.2 Å². The first-order chi connectivity index (χ1) is 12.1. The fourth-order valence-corrected chi connectivity index (χ4v) is 6.13. The van der Waals surface area contributed by atoms with Gasteiger partial charge in [-0.15, -0.1) is 11.3 Å². The largest absolute Gasteiger partial charge is 0.478 e. The van der Waals surface area contributed by atoms with E-state index in [1.807, 2.05) is 23.5 Å². The lowest BCUT2D eigenvalue weighted by atomic mass is 9.59. The molecule has 1 aliphatic rings. The zero-order valence-electron chi connectivity index (χ0n) is 16.6. The van der Waals surface area contributed by atoms with E-state index >= 15 is 0 Å². The molecule has 1 aliphatic carbocycles. The molecule has 0 amide bonds. The van der Waals surface area contributed by atoms with Crippen LogP contribution >= 0.6 is 11.3 Å². The van der Waals surface area contributed by atoms with E-state index in [0.717, 1.165) is 5.69 Å². The maximum atomic E-state index is 11.0. The third kappa shape index (κ3) is 3.05. The second-order valence-corrected chi connectivity index (χ2v) is 9.70. The lowest BCUT2D eigenvalue weighted by Crippen LogP contribution is -2.40. The van der Waals surface area contributed by atoms with Crippen molar-refractivity contribution in [3.63, 3.8) is 0 Å². The molecule has 0 fully saturated rings. The van der Waals surface area contributed by atoms with E-state index in [4.69, 9.17) is 5.11 Å². The van der Waals surface area contributed by atoms with E-state index in [1.54, 1.807) is 12.1 Å². The number of carboxylic acids is 1. The van der Waals surface area contributed by atoms with Crippen molar-refractivity contribution in [2.75, 3.05) is 5.32 Å². The highest BCUT2D eigenvalue weighted by atomic mass is 32.1. The van der Waals surface area contributed by atoms with Crippen LogP contribution in [0.1, 0.15) is 73.8 Å². The van der Waals surface area contributed by atoms with Gasteiger partial charge in [0.1, 0.15) is 0 Å². The van der Waals surface area contributed by atoms with Crippen LogP contribution in [0.4, 0.5) is 10.7 Å². The molecule has 1 unspecified atom stereocenters. The Bertz CT molecular complexity index is 831. The Morgan fingerprint density at radius 3 is 2.38 bits per heavy atom. The third-order valence-electron chi connectivity index (χ3n) is 6.07. The Morgan fingerprint density at radius 2 is 1.85 bits per heavy atom. The van der Waals surface area contributed by atoms with Crippen molar-refractivity contribution in [3.8, 4) is 0 Å². The third-order valence-corrected chi connectivity index (χ3v) is 7.62. The molecule has 1 atom stereocenters. The SMILES string of the molecule is CCC1CC(C)(C)c2c(sc(Nc3ccc(C(=O)O)cc3)c2C)C1(C)C. The minimum atomic E-state index is -0.895. The molecule has 26 heavy (non-hydrogen) atoms. The molecule has 3 rings (SSSR count). The molecule has 1 aromatic heterocycles. The minimum Gasteiger partial charge on any atom is -0.478 e. The summed E-state index contributed by atoms with van der Waals surface area (Å²) in [6, 6.07) is 6.97. The van der Waals surface area contributed by atoms with Crippen molar-refractivity contribution < 1.29 is 9.90 Å². The quantitative estimate of drug-likeness (QED) is 0.646. The fraction of sp³-hybridized carbons (Fsp3) is 0.500. The van der Waals surface area contributed by atoms with E-state index in [0.29, 0.717) is 11.5 Å². The number of rotatable bonds is 4. The van der Waals surface area contributed by atoms with Crippen molar-refractivity contribution in [1.82, 2.24) is 0 Å². The zero-order chi connectivity index (χ0) is 19.3. The van der Waals surface area contributed by atoms with Gasteiger partial charge in [0, 0.05) is 16.0 Å². The Morgan fingerprint density at radius 1 is 1.23 bits per heavy atom. The first-order valence-electron chi connectivity index (χ1n) is 9.32. The summed E-state index contributed by atoms with van der Waals surface area (Å²) in [4.78, 5) is 12.5. The van der Waals surface area contributed by atoms with Gasteiger partial charge in [-0.05, 0) is 60.1 Å². The highest BCUT2D eigenvalue weighted by molar-refractivity contribution is 7.16. The molecule has 0 bridgehead atoms. The summed E-state index contributed by atoms with van der Waals surface area (Å²) >= 11 is 1.87. The van der Waals surface area contributed by atoms with E-state index in [2.05, 4.69) is 46.9 Å². The normalized spacial score (nSPS) is 20.5. The molecule has 2 aromatic rings. The Labute approximate surface area is 160 Å². The molecular formula is C22H29NO2S. The highest BCUT2D eigenvalue weighted by Crippen LogP contribution is 2.56. The van der Waals surface area contributed by atoms with Crippen LogP contribution in [-0.4, -0.2) is 11.1 Å². The van der Waals surface area contributed by atoms with Gasteiger partial charge in [-0.3, -0.25) is 0 Å². The maximum absolute atomic E-state index is 11.0. The van der Waals surface area contributed by atoms with Crippen LogP contribution in [0.25, 0.3) is 0 Å². The lowest BCUT2D eigenvalue weighted by Gasteiger charge is -2.46. The van der Waals surface area contributed by atoms with Crippen molar-refractivity contribution in [1.29, 1.82) is 0 Å². The predicted octanol–water partition coefficient (Wildman–Crippen LogP) is 6.48. The van der Waals surface area contributed by atoms with Crippen LogP contribution in [-0.2, 0) is 10.8 Å². The summed E-state index contributed by atoms with van der Waals surface area (Å²) in [5, 5.41) is 13.8. The lowest BCUT2D eigenvalue weighted by molar-refractivity contribution is 0.0697. The van der Waals surface area contributed by atoms with Crippen molar-refractivity contribution in [3.05, 3.63) is 45.8 Å². The standard InChI is InChI=1S/C22H29NO2S/c1-7-15-12-21(3,4)17-13(2)19(26-18(17)22(15,5)6)23-16-10-8-14(9-11-16)20(24)25/h8-11,15,23H,7,12H2,1-6H3,(H,24,25). The number of fused-ring (bicyclic) bond motifs is 1. The molecule has 1 heterocycles. The molecule has 4 heteroatoms. The number of anilines is 2. The monoisotopic (exact) mass is 371 g/mol. The molecular weight excluding hydrogens is 342 g/mol. The molecule has 0 aliphatic heterocycles. The number of hydrogen-bond acceptors (Lipinski definition) is 3. The summed E-state index contributed by atoms with van der Waals surface area (Å²) in [7, 11) is 0. The molecule has 140 valence electrons. The number of hydrogen-bond donors (Lipinski definition) is 2. The van der Waals surface area contributed by atoms with E-state index in [9.17, 15) is 4.79 Å². The van der Waals surface area contributed by atoms with Gasteiger partial charge in [-0.25, -0.2) is 4.79 Å².